The zero-order valence-electron chi connectivity index (χ0n) is 10.6. The minimum absolute atomic E-state index is 0.162. The summed E-state index contributed by atoms with van der Waals surface area (Å²) in [6.07, 6.45) is -0.889. The molecule has 104 valence electrons. The Hall–Kier alpha value is -1.32. The molecular weight excluding hydrogens is 253 g/mol. The van der Waals surface area contributed by atoms with Gasteiger partial charge in [-0.2, -0.15) is 13.2 Å². The predicted octanol–water partition coefficient (Wildman–Crippen LogP) is 4.63. The van der Waals surface area contributed by atoms with Gasteiger partial charge in [-0.25, -0.2) is 0 Å². The molecular formula is C15H17F3O. The number of alkyl halides is 3. The van der Waals surface area contributed by atoms with E-state index >= 15 is 0 Å². The molecule has 1 aliphatic rings. The highest BCUT2D eigenvalue weighted by Gasteiger charge is 2.49. The third-order valence-corrected chi connectivity index (χ3v) is 3.81. The fraction of sp³-hybridized carbons (Fsp3) is 0.533. The van der Waals surface area contributed by atoms with Crippen LogP contribution >= 0.6 is 0 Å². The second kappa shape index (κ2) is 5.76. The number of halogens is 3. The maximum absolute atomic E-state index is 13.2. The third-order valence-electron chi connectivity index (χ3n) is 3.81. The number of hydrogen-bond acceptors (Lipinski definition) is 1. The molecule has 0 aromatic heterocycles. The number of carbonyl (C=O) groups excluding carboxylic acids is 1. The summed E-state index contributed by atoms with van der Waals surface area (Å²) in [5.74, 6) is -3.17. The molecule has 0 saturated heterocycles. The standard InChI is InChI=1S/C15H17F3O/c16-15(17,18)13(11-7-3-1-4-8-11)14(19)12-9-5-2-6-10-12/h2,5-6,9-11,13H,1,3-4,7-8H2. The Morgan fingerprint density at radius 3 is 2.16 bits per heavy atom. The fourth-order valence-corrected chi connectivity index (χ4v) is 2.88. The van der Waals surface area contributed by atoms with Crippen LogP contribution in [0.5, 0.6) is 0 Å². The summed E-state index contributed by atoms with van der Waals surface area (Å²) in [5.41, 5.74) is 0.162. The smallest absolute Gasteiger partial charge is 0.293 e. The summed E-state index contributed by atoms with van der Waals surface area (Å²) in [6.45, 7) is 0. The molecule has 1 nitrogen and oxygen atoms in total. The first-order valence-corrected chi connectivity index (χ1v) is 6.66. The molecule has 0 radical (unpaired) electrons. The first-order valence-electron chi connectivity index (χ1n) is 6.66. The van der Waals surface area contributed by atoms with Gasteiger partial charge in [-0.3, -0.25) is 4.79 Å². The number of hydrogen-bond donors (Lipinski definition) is 0. The molecule has 1 atom stereocenters. The average molecular weight is 270 g/mol. The second-order valence-corrected chi connectivity index (χ2v) is 5.15. The fourth-order valence-electron chi connectivity index (χ4n) is 2.88. The highest BCUT2D eigenvalue weighted by atomic mass is 19.4. The van der Waals surface area contributed by atoms with Gasteiger partial charge in [-0.05, 0) is 18.8 Å². The highest BCUT2D eigenvalue weighted by Crippen LogP contribution is 2.41. The maximum atomic E-state index is 13.2. The summed E-state index contributed by atoms with van der Waals surface area (Å²) in [5, 5.41) is 0. The quantitative estimate of drug-likeness (QED) is 0.732. The highest BCUT2D eigenvalue weighted by molar-refractivity contribution is 5.98. The minimum atomic E-state index is -4.45. The van der Waals surface area contributed by atoms with Crippen molar-refractivity contribution in [2.45, 2.75) is 38.3 Å². The first-order chi connectivity index (χ1) is 9.00. The van der Waals surface area contributed by atoms with Crippen molar-refractivity contribution in [2.75, 3.05) is 0 Å². The zero-order valence-corrected chi connectivity index (χ0v) is 10.6. The van der Waals surface area contributed by atoms with Crippen molar-refractivity contribution in [1.29, 1.82) is 0 Å². The number of ketones is 1. The Balaban J connectivity index is 2.25. The van der Waals surface area contributed by atoms with E-state index in [1.165, 1.54) is 12.1 Å². The van der Waals surface area contributed by atoms with Crippen LogP contribution < -0.4 is 0 Å². The second-order valence-electron chi connectivity index (χ2n) is 5.15. The van der Waals surface area contributed by atoms with Gasteiger partial charge in [0, 0.05) is 5.56 Å². The summed E-state index contributed by atoms with van der Waals surface area (Å²) in [4.78, 5) is 12.2. The molecule has 1 saturated carbocycles. The molecule has 1 aliphatic carbocycles. The van der Waals surface area contributed by atoms with Gasteiger partial charge >= 0.3 is 6.18 Å². The summed E-state index contributed by atoms with van der Waals surface area (Å²) in [6, 6.07) is 7.82. The Labute approximate surface area is 110 Å². The van der Waals surface area contributed by atoms with Crippen LogP contribution in [0.4, 0.5) is 13.2 Å². The first kappa shape index (κ1) is 14.1. The molecule has 0 N–H and O–H groups in total. The van der Waals surface area contributed by atoms with Crippen LogP contribution in [-0.4, -0.2) is 12.0 Å². The van der Waals surface area contributed by atoms with Crippen LogP contribution in [0.15, 0.2) is 30.3 Å². The molecule has 1 unspecified atom stereocenters. The van der Waals surface area contributed by atoms with E-state index in [2.05, 4.69) is 0 Å². The maximum Gasteiger partial charge on any atom is 0.399 e. The lowest BCUT2D eigenvalue weighted by molar-refractivity contribution is -0.175. The molecule has 4 heteroatoms. The van der Waals surface area contributed by atoms with Gasteiger partial charge in [0.1, 0.15) is 5.92 Å². The minimum Gasteiger partial charge on any atom is -0.293 e. The van der Waals surface area contributed by atoms with E-state index in [0.717, 1.165) is 19.3 Å². The van der Waals surface area contributed by atoms with Gasteiger partial charge in [-0.1, -0.05) is 49.6 Å². The topological polar surface area (TPSA) is 17.1 Å². The van der Waals surface area contributed by atoms with Crippen molar-refractivity contribution >= 4 is 5.78 Å². The van der Waals surface area contributed by atoms with E-state index in [9.17, 15) is 18.0 Å². The van der Waals surface area contributed by atoms with Gasteiger partial charge in [-0.15, -0.1) is 0 Å². The van der Waals surface area contributed by atoms with Crippen molar-refractivity contribution in [2.24, 2.45) is 11.8 Å². The SMILES string of the molecule is O=C(c1ccccc1)C(C1CCCCC1)C(F)(F)F. The lowest BCUT2D eigenvalue weighted by Gasteiger charge is -2.30. The van der Waals surface area contributed by atoms with E-state index in [-0.39, 0.29) is 5.56 Å². The molecule has 0 amide bonds. The lowest BCUT2D eigenvalue weighted by Crippen LogP contribution is -2.38. The number of Topliss-reactive ketones (excluding diaryl/α,β-unsaturated/α-hetero) is 1. The van der Waals surface area contributed by atoms with Gasteiger partial charge in [0.2, 0.25) is 0 Å². The van der Waals surface area contributed by atoms with Gasteiger partial charge in [0.15, 0.2) is 5.78 Å². The number of benzene rings is 1. The molecule has 2 rings (SSSR count). The van der Waals surface area contributed by atoms with Crippen molar-refractivity contribution in [3.05, 3.63) is 35.9 Å². The predicted molar refractivity (Wildman–Crippen MR) is 66.9 cm³/mol. The van der Waals surface area contributed by atoms with Gasteiger partial charge < -0.3 is 0 Å². The molecule has 1 fully saturated rings. The van der Waals surface area contributed by atoms with Gasteiger partial charge in [0.25, 0.3) is 0 Å². The van der Waals surface area contributed by atoms with Crippen molar-refractivity contribution in [3.63, 3.8) is 0 Å². The van der Waals surface area contributed by atoms with Crippen molar-refractivity contribution in [3.8, 4) is 0 Å². The lowest BCUT2D eigenvalue weighted by atomic mass is 9.76. The normalized spacial score (nSPS) is 19.1. The van der Waals surface area contributed by atoms with Crippen LogP contribution in [-0.2, 0) is 0 Å². The number of carbonyl (C=O) groups is 1. The molecule has 0 heterocycles. The number of rotatable bonds is 3. The molecule has 1 aromatic carbocycles. The summed E-state index contributed by atoms with van der Waals surface area (Å²) < 4.78 is 39.7. The largest absolute Gasteiger partial charge is 0.399 e. The molecule has 19 heavy (non-hydrogen) atoms. The molecule has 1 aromatic rings. The van der Waals surface area contributed by atoms with E-state index in [4.69, 9.17) is 0 Å². The Morgan fingerprint density at radius 2 is 1.63 bits per heavy atom. The van der Waals surface area contributed by atoms with Crippen LogP contribution in [0.2, 0.25) is 0 Å². The van der Waals surface area contributed by atoms with Crippen LogP contribution in [0.3, 0.4) is 0 Å². The Kier molecular flexibility index (Phi) is 4.27. The van der Waals surface area contributed by atoms with E-state index in [1.807, 2.05) is 0 Å². The average Bonchev–Trinajstić information content (AvgIpc) is 2.39. The Morgan fingerprint density at radius 1 is 1.05 bits per heavy atom. The summed E-state index contributed by atoms with van der Waals surface area (Å²) >= 11 is 0. The van der Waals surface area contributed by atoms with Crippen LogP contribution in [0.1, 0.15) is 42.5 Å². The van der Waals surface area contributed by atoms with E-state index in [0.29, 0.717) is 12.8 Å². The van der Waals surface area contributed by atoms with Gasteiger partial charge in [0.05, 0.1) is 0 Å². The van der Waals surface area contributed by atoms with Crippen molar-refractivity contribution < 1.29 is 18.0 Å². The van der Waals surface area contributed by atoms with Crippen LogP contribution in [0.25, 0.3) is 0 Å². The third kappa shape index (κ3) is 3.37. The monoisotopic (exact) mass is 270 g/mol. The Bertz CT molecular complexity index is 419. The van der Waals surface area contributed by atoms with E-state index in [1.54, 1.807) is 18.2 Å². The van der Waals surface area contributed by atoms with Crippen LogP contribution in [0, 0.1) is 11.8 Å². The summed E-state index contributed by atoms with van der Waals surface area (Å²) in [7, 11) is 0. The molecule has 0 aliphatic heterocycles. The zero-order chi connectivity index (χ0) is 13.9. The van der Waals surface area contributed by atoms with Crippen molar-refractivity contribution in [1.82, 2.24) is 0 Å². The van der Waals surface area contributed by atoms with E-state index < -0.39 is 23.8 Å². The molecule has 0 spiro atoms. The molecule has 0 bridgehead atoms.